The minimum Gasteiger partial charge on any atom is -0.352 e. The lowest BCUT2D eigenvalue weighted by atomic mass is 10.3. The van der Waals surface area contributed by atoms with E-state index in [0.717, 1.165) is 19.6 Å². The predicted molar refractivity (Wildman–Crippen MR) is 53.7 cm³/mol. The molecule has 1 aliphatic heterocycles. The van der Waals surface area contributed by atoms with Gasteiger partial charge in [-0.2, -0.15) is 0 Å². The van der Waals surface area contributed by atoms with Crippen LogP contribution in [0.15, 0.2) is 11.9 Å². The summed E-state index contributed by atoms with van der Waals surface area (Å²) in [6.45, 7) is 10.3. The average molecular weight is 184 g/mol. The summed E-state index contributed by atoms with van der Waals surface area (Å²) in [5, 5.41) is 1.97. The van der Waals surface area contributed by atoms with Crippen molar-refractivity contribution in [3.63, 3.8) is 0 Å². The van der Waals surface area contributed by atoms with E-state index in [0.29, 0.717) is 6.17 Å². The van der Waals surface area contributed by atoms with Crippen LogP contribution in [-0.4, -0.2) is 29.3 Å². The van der Waals surface area contributed by atoms with Crippen LogP contribution in [0, 0.1) is 0 Å². The van der Waals surface area contributed by atoms with E-state index in [9.17, 15) is 0 Å². The van der Waals surface area contributed by atoms with Crippen LogP contribution in [0.2, 0.25) is 0 Å². The molecule has 0 amide bonds. The second-order valence-electron chi connectivity index (χ2n) is 3.22. The first-order valence-corrected chi connectivity index (χ1v) is 5.10. The Bertz CT molecular complexity index is 191. The molecule has 0 saturated carbocycles. The Labute approximate surface area is 80.9 Å². The molecular weight excluding hydrogens is 164 g/mol. The molecule has 0 aromatic carbocycles. The van der Waals surface area contributed by atoms with Gasteiger partial charge in [-0.3, -0.25) is 4.84 Å². The minimum atomic E-state index is 0.393. The molecule has 1 atom stereocenters. The second-order valence-corrected chi connectivity index (χ2v) is 3.22. The van der Waals surface area contributed by atoms with Gasteiger partial charge in [0.05, 0.1) is 6.61 Å². The van der Waals surface area contributed by atoms with Crippen LogP contribution in [0.5, 0.6) is 0 Å². The predicted octanol–water partition coefficient (Wildman–Crippen LogP) is 2.17. The number of nitrogens with zero attached hydrogens (tertiary/aromatic N) is 2. The van der Waals surface area contributed by atoms with Crippen molar-refractivity contribution < 1.29 is 4.84 Å². The maximum Gasteiger partial charge on any atom is 0.126 e. The normalized spacial score (nSPS) is 22.5. The summed E-state index contributed by atoms with van der Waals surface area (Å²) >= 11 is 0. The molecule has 1 heterocycles. The minimum absolute atomic E-state index is 0.393. The molecule has 1 unspecified atom stereocenters. The number of allylic oxidation sites excluding steroid dienone is 1. The molecule has 3 nitrogen and oxygen atoms in total. The molecule has 0 spiro atoms. The van der Waals surface area contributed by atoms with Crippen LogP contribution in [0.25, 0.3) is 0 Å². The molecule has 0 aliphatic carbocycles. The van der Waals surface area contributed by atoms with Gasteiger partial charge in [-0.25, -0.2) is 5.06 Å². The topological polar surface area (TPSA) is 15.7 Å². The van der Waals surface area contributed by atoms with Crippen molar-refractivity contribution in [1.29, 1.82) is 0 Å². The summed E-state index contributed by atoms with van der Waals surface area (Å²) in [5.41, 5.74) is 1.29. The summed E-state index contributed by atoms with van der Waals surface area (Å²) in [5.74, 6) is 0. The molecule has 0 N–H and O–H groups in total. The number of hydroxylamine groups is 2. The Kier molecular flexibility index (Phi) is 3.60. The van der Waals surface area contributed by atoms with Gasteiger partial charge in [0.25, 0.3) is 0 Å². The lowest BCUT2D eigenvalue weighted by molar-refractivity contribution is -0.160. The number of hydrogen-bond acceptors (Lipinski definition) is 3. The zero-order valence-corrected chi connectivity index (χ0v) is 9.08. The Balaban J connectivity index is 2.66. The summed E-state index contributed by atoms with van der Waals surface area (Å²) in [6, 6.07) is 0. The van der Waals surface area contributed by atoms with Crippen molar-refractivity contribution in [2.75, 3.05) is 13.2 Å². The molecule has 3 heteroatoms. The molecule has 0 aromatic rings. The van der Waals surface area contributed by atoms with Crippen molar-refractivity contribution in [3.8, 4) is 0 Å². The van der Waals surface area contributed by atoms with Crippen LogP contribution in [0.1, 0.15) is 34.1 Å². The molecule has 0 saturated heterocycles. The lowest BCUT2D eigenvalue weighted by Crippen LogP contribution is -2.38. The monoisotopic (exact) mass is 184 g/mol. The van der Waals surface area contributed by atoms with E-state index in [1.54, 1.807) is 0 Å². The molecule has 1 rings (SSSR count). The second kappa shape index (κ2) is 4.51. The van der Waals surface area contributed by atoms with E-state index >= 15 is 0 Å². The van der Waals surface area contributed by atoms with Crippen LogP contribution in [0.3, 0.4) is 0 Å². The van der Waals surface area contributed by atoms with Gasteiger partial charge in [0.15, 0.2) is 0 Å². The van der Waals surface area contributed by atoms with Gasteiger partial charge in [0, 0.05) is 18.4 Å². The van der Waals surface area contributed by atoms with Crippen LogP contribution in [0.4, 0.5) is 0 Å². The summed E-state index contributed by atoms with van der Waals surface area (Å²) in [6.07, 6.45) is 3.56. The maximum absolute atomic E-state index is 5.52. The molecule has 76 valence electrons. The van der Waals surface area contributed by atoms with Gasteiger partial charge in [-0.15, -0.1) is 0 Å². The fourth-order valence-electron chi connectivity index (χ4n) is 1.85. The summed E-state index contributed by atoms with van der Waals surface area (Å²) in [7, 11) is 0. The van der Waals surface area contributed by atoms with Crippen molar-refractivity contribution in [1.82, 2.24) is 9.96 Å². The molecule has 1 aliphatic rings. The maximum atomic E-state index is 5.52. The van der Waals surface area contributed by atoms with Gasteiger partial charge in [0.1, 0.15) is 6.17 Å². The van der Waals surface area contributed by atoms with E-state index in [-0.39, 0.29) is 0 Å². The van der Waals surface area contributed by atoms with Crippen molar-refractivity contribution in [3.05, 3.63) is 11.9 Å². The standard InChI is InChI=1S/C10H20N2O/c1-5-10-11(6-2)9(4)8-12(10)13-7-3/h8,10H,5-7H2,1-4H3. The number of hydrogen-bond donors (Lipinski definition) is 0. The third-order valence-corrected chi connectivity index (χ3v) is 2.40. The summed E-state index contributed by atoms with van der Waals surface area (Å²) in [4.78, 5) is 7.88. The first-order chi connectivity index (χ1) is 6.24. The quantitative estimate of drug-likeness (QED) is 0.666. The van der Waals surface area contributed by atoms with Crippen LogP contribution < -0.4 is 0 Å². The highest BCUT2D eigenvalue weighted by molar-refractivity contribution is 5.04. The first-order valence-electron chi connectivity index (χ1n) is 5.10. The van der Waals surface area contributed by atoms with E-state index in [2.05, 4.69) is 31.9 Å². The Hall–Kier alpha value is -0.700. The largest absolute Gasteiger partial charge is 0.352 e. The van der Waals surface area contributed by atoms with Gasteiger partial charge >= 0.3 is 0 Å². The van der Waals surface area contributed by atoms with E-state index in [1.807, 2.05) is 12.0 Å². The molecule has 0 aromatic heterocycles. The van der Waals surface area contributed by atoms with Crippen molar-refractivity contribution in [2.24, 2.45) is 0 Å². The third kappa shape index (κ3) is 1.97. The van der Waals surface area contributed by atoms with E-state index in [1.165, 1.54) is 5.70 Å². The van der Waals surface area contributed by atoms with E-state index in [4.69, 9.17) is 4.84 Å². The van der Waals surface area contributed by atoms with Crippen molar-refractivity contribution in [2.45, 2.75) is 40.3 Å². The fourth-order valence-corrected chi connectivity index (χ4v) is 1.85. The molecule has 0 radical (unpaired) electrons. The zero-order chi connectivity index (χ0) is 9.84. The molecule has 0 fully saturated rings. The molecule has 13 heavy (non-hydrogen) atoms. The van der Waals surface area contributed by atoms with Gasteiger partial charge in [-0.1, -0.05) is 6.92 Å². The van der Waals surface area contributed by atoms with Crippen LogP contribution in [-0.2, 0) is 4.84 Å². The Morgan fingerprint density at radius 1 is 1.38 bits per heavy atom. The van der Waals surface area contributed by atoms with Crippen molar-refractivity contribution >= 4 is 0 Å². The highest BCUT2D eigenvalue weighted by Crippen LogP contribution is 2.24. The van der Waals surface area contributed by atoms with Gasteiger partial charge in [-0.05, 0) is 27.2 Å². The first kappa shape index (κ1) is 10.4. The Morgan fingerprint density at radius 2 is 2.08 bits per heavy atom. The Morgan fingerprint density at radius 3 is 2.54 bits per heavy atom. The zero-order valence-electron chi connectivity index (χ0n) is 9.08. The highest BCUT2D eigenvalue weighted by atomic mass is 16.7. The number of rotatable bonds is 4. The fraction of sp³-hybridized carbons (Fsp3) is 0.800. The van der Waals surface area contributed by atoms with Gasteiger partial charge in [0.2, 0.25) is 0 Å². The van der Waals surface area contributed by atoms with E-state index < -0.39 is 0 Å². The SMILES string of the molecule is CCON1C=C(C)N(CC)C1CC. The average Bonchev–Trinajstić information content (AvgIpc) is 2.41. The smallest absolute Gasteiger partial charge is 0.126 e. The molecule has 0 bridgehead atoms. The lowest BCUT2D eigenvalue weighted by Gasteiger charge is -2.31. The highest BCUT2D eigenvalue weighted by Gasteiger charge is 2.27. The van der Waals surface area contributed by atoms with Gasteiger partial charge < -0.3 is 4.90 Å². The third-order valence-electron chi connectivity index (χ3n) is 2.40. The van der Waals surface area contributed by atoms with Crippen LogP contribution >= 0.6 is 0 Å². The summed E-state index contributed by atoms with van der Waals surface area (Å²) < 4.78 is 0. The molecular formula is C10H20N2O.